The van der Waals surface area contributed by atoms with Gasteiger partial charge in [-0.3, -0.25) is 4.21 Å². The number of nitrogens with zero attached hydrogens (tertiary/aromatic N) is 3. The van der Waals surface area contributed by atoms with E-state index in [1.807, 2.05) is 0 Å². The van der Waals surface area contributed by atoms with E-state index in [0.29, 0.717) is 12.1 Å². The van der Waals surface area contributed by atoms with Crippen LogP contribution in [0.2, 0.25) is 10.0 Å². The molecule has 0 saturated carbocycles. The van der Waals surface area contributed by atoms with Crippen LogP contribution < -0.4 is 0 Å². The number of aromatic nitrogens is 3. The van der Waals surface area contributed by atoms with Gasteiger partial charge in [-0.05, 0) is 30.3 Å². The fraction of sp³-hybridized carbons (Fsp3) is 0.300. The molecule has 2 heterocycles. The molecule has 34 heavy (non-hydrogen) atoms. The Bertz CT molecular complexity index is 1230. The van der Waals surface area contributed by atoms with Gasteiger partial charge in [0.25, 0.3) is 0 Å². The number of rotatable bonds is 5. The second kappa shape index (κ2) is 9.90. The van der Waals surface area contributed by atoms with E-state index in [1.165, 1.54) is 18.2 Å². The maximum absolute atomic E-state index is 13.6. The Labute approximate surface area is 202 Å². The van der Waals surface area contributed by atoms with E-state index in [4.69, 9.17) is 27.9 Å². The molecule has 3 aromatic rings. The fourth-order valence-electron chi connectivity index (χ4n) is 3.55. The number of aliphatic hydroxyl groups is 3. The van der Waals surface area contributed by atoms with Crippen molar-refractivity contribution in [2.75, 3.05) is 6.61 Å². The summed E-state index contributed by atoms with van der Waals surface area (Å²) in [4.78, 5) is 0.168. The molecule has 6 atom stereocenters. The van der Waals surface area contributed by atoms with Crippen molar-refractivity contribution in [3.8, 4) is 11.3 Å². The van der Waals surface area contributed by atoms with Crippen LogP contribution in [0.25, 0.3) is 11.3 Å². The Hall–Kier alpha value is -2.06. The first-order valence-corrected chi connectivity index (χ1v) is 11.6. The highest BCUT2D eigenvalue weighted by Gasteiger charge is 2.48. The van der Waals surface area contributed by atoms with Gasteiger partial charge in [-0.2, -0.15) is 0 Å². The van der Waals surface area contributed by atoms with Gasteiger partial charge in [-0.25, -0.2) is 17.9 Å². The third kappa shape index (κ3) is 4.59. The Morgan fingerprint density at radius 2 is 1.74 bits per heavy atom. The van der Waals surface area contributed by atoms with Crippen molar-refractivity contribution >= 4 is 34.0 Å². The summed E-state index contributed by atoms with van der Waals surface area (Å²) >= 11 is 11.9. The van der Waals surface area contributed by atoms with Gasteiger partial charge in [-0.1, -0.05) is 28.4 Å². The first-order chi connectivity index (χ1) is 16.1. The highest BCUT2D eigenvalue weighted by atomic mass is 35.5. The molecule has 0 aliphatic carbocycles. The summed E-state index contributed by atoms with van der Waals surface area (Å²) in [7, 11) is -2.03. The van der Waals surface area contributed by atoms with Crippen LogP contribution in [-0.2, 0) is 15.5 Å². The smallest absolute Gasteiger partial charge is 0.194 e. The van der Waals surface area contributed by atoms with E-state index in [1.54, 1.807) is 0 Å². The van der Waals surface area contributed by atoms with Crippen LogP contribution in [0.15, 0.2) is 41.4 Å². The summed E-state index contributed by atoms with van der Waals surface area (Å²) in [5.74, 6) is -4.52. The van der Waals surface area contributed by atoms with Crippen LogP contribution in [0.5, 0.6) is 0 Å². The van der Waals surface area contributed by atoms with E-state index in [9.17, 15) is 32.7 Å². The second-order valence-electron chi connectivity index (χ2n) is 7.41. The van der Waals surface area contributed by atoms with Gasteiger partial charge in [0.1, 0.15) is 30.0 Å². The van der Waals surface area contributed by atoms with Gasteiger partial charge in [0.05, 0.1) is 33.6 Å². The molecule has 1 fully saturated rings. The highest BCUT2D eigenvalue weighted by Crippen LogP contribution is 2.35. The summed E-state index contributed by atoms with van der Waals surface area (Å²) in [5, 5.41) is 39.2. The van der Waals surface area contributed by atoms with Gasteiger partial charge in [0.2, 0.25) is 0 Å². The van der Waals surface area contributed by atoms with Gasteiger partial charge in [-0.15, -0.1) is 5.10 Å². The summed E-state index contributed by atoms with van der Waals surface area (Å²) in [6.45, 7) is -0.685. The van der Waals surface area contributed by atoms with E-state index in [0.717, 1.165) is 10.9 Å². The topological polar surface area (TPSA) is 118 Å². The molecule has 0 radical (unpaired) electrons. The first kappa shape index (κ1) is 25.0. The van der Waals surface area contributed by atoms with E-state index >= 15 is 0 Å². The monoisotopic (exact) mass is 537 g/mol. The Morgan fingerprint density at radius 1 is 1.06 bits per heavy atom. The lowest BCUT2D eigenvalue weighted by atomic mass is 9.97. The van der Waals surface area contributed by atoms with Crippen molar-refractivity contribution in [2.45, 2.75) is 34.7 Å². The second-order valence-corrected chi connectivity index (χ2v) is 9.75. The van der Waals surface area contributed by atoms with Gasteiger partial charge in [0, 0.05) is 10.5 Å². The number of ether oxygens (including phenoxy) is 1. The van der Waals surface area contributed by atoms with Crippen LogP contribution in [0, 0.1) is 17.5 Å². The molecule has 0 spiro atoms. The first-order valence-electron chi connectivity index (χ1n) is 9.67. The summed E-state index contributed by atoms with van der Waals surface area (Å²) in [6, 6.07) is 4.26. The van der Waals surface area contributed by atoms with Crippen molar-refractivity contribution in [1.29, 1.82) is 0 Å². The SMILES string of the molecule is O=S(c1ccc(Cl)c(Cl)c1)[C@H]1OC(CO)[C@H](O)C(n2cc(-c3cc(F)c(F)c(F)c3)nn2)[C@@H]1O. The van der Waals surface area contributed by atoms with Crippen LogP contribution in [0.4, 0.5) is 13.2 Å². The lowest BCUT2D eigenvalue weighted by molar-refractivity contribution is -0.179. The van der Waals surface area contributed by atoms with Crippen LogP contribution in [-0.4, -0.2) is 64.9 Å². The average molecular weight is 538 g/mol. The Kier molecular flexibility index (Phi) is 7.29. The minimum atomic E-state index is -2.03. The highest BCUT2D eigenvalue weighted by molar-refractivity contribution is 7.85. The molecule has 0 bridgehead atoms. The number of hydrogen-bond acceptors (Lipinski definition) is 7. The van der Waals surface area contributed by atoms with Crippen molar-refractivity contribution in [3.63, 3.8) is 0 Å². The molecule has 1 aliphatic heterocycles. The van der Waals surface area contributed by atoms with Gasteiger partial charge in [0.15, 0.2) is 22.9 Å². The van der Waals surface area contributed by atoms with Crippen molar-refractivity contribution in [1.82, 2.24) is 15.0 Å². The molecule has 182 valence electrons. The normalized spacial score (nSPS) is 25.9. The molecule has 1 aliphatic rings. The van der Waals surface area contributed by atoms with Crippen LogP contribution in [0.3, 0.4) is 0 Å². The number of hydrogen-bond donors (Lipinski definition) is 3. The van der Waals surface area contributed by atoms with E-state index in [-0.39, 0.29) is 26.2 Å². The minimum absolute atomic E-state index is 0.0913. The quantitative estimate of drug-likeness (QED) is 0.428. The van der Waals surface area contributed by atoms with Gasteiger partial charge >= 0.3 is 0 Å². The van der Waals surface area contributed by atoms with Crippen LogP contribution in [0.1, 0.15) is 6.04 Å². The number of halogens is 5. The lowest BCUT2D eigenvalue weighted by Gasteiger charge is -2.41. The van der Waals surface area contributed by atoms with E-state index < -0.39 is 64.6 Å². The molecule has 1 saturated heterocycles. The molecular formula is C20H16Cl2F3N3O5S. The zero-order chi connectivity index (χ0) is 24.7. The van der Waals surface area contributed by atoms with Crippen molar-refractivity contribution < 1.29 is 37.4 Å². The summed E-state index contributed by atoms with van der Waals surface area (Å²) in [5.41, 5.74) is -1.67. The summed E-state index contributed by atoms with van der Waals surface area (Å²) < 4.78 is 60.2. The fourth-order valence-corrected chi connectivity index (χ4v) is 5.28. The molecular weight excluding hydrogens is 522 g/mol. The van der Waals surface area contributed by atoms with E-state index in [2.05, 4.69) is 10.3 Å². The predicted molar refractivity (Wildman–Crippen MR) is 115 cm³/mol. The summed E-state index contributed by atoms with van der Waals surface area (Å²) in [6.07, 6.45) is -3.27. The zero-order valence-corrected chi connectivity index (χ0v) is 19.2. The van der Waals surface area contributed by atoms with Crippen molar-refractivity contribution in [2.24, 2.45) is 0 Å². The maximum Gasteiger partial charge on any atom is 0.194 e. The Balaban J connectivity index is 1.68. The molecule has 14 heteroatoms. The molecule has 3 N–H and O–H groups in total. The minimum Gasteiger partial charge on any atom is -0.394 e. The zero-order valence-electron chi connectivity index (χ0n) is 16.9. The molecule has 0 amide bonds. The Morgan fingerprint density at radius 3 is 2.35 bits per heavy atom. The number of aliphatic hydroxyl groups excluding tert-OH is 3. The van der Waals surface area contributed by atoms with Gasteiger partial charge < -0.3 is 20.1 Å². The average Bonchev–Trinajstić information content (AvgIpc) is 3.28. The maximum atomic E-state index is 13.6. The lowest BCUT2D eigenvalue weighted by Crippen LogP contribution is -2.57. The molecule has 4 rings (SSSR count). The predicted octanol–water partition coefficient (Wildman–Crippen LogP) is 2.46. The molecule has 3 unspecified atom stereocenters. The third-order valence-electron chi connectivity index (χ3n) is 5.28. The standard InChI is InChI=1S/C20H16Cl2F3N3O5S/c21-10-2-1-9(5-11(10)22)34(32)20-19(31)17(18(30)15(7-29)33-20)28-6-14(26-27-28)8-3-12(23)16(25)13(24)4-8/h1-6,15,17-20,29-31H,7H2/t15?,17?,18-,19-,20+,34?/m0/s1. The van der Waals surface area contributed by atoms with Crippen molar-refractivity contribution in [3.05, 3.63) is 64.0 Å². The van der Waals surface area contributed by atoms with Crippen LogP contribution >= 0.6 is 23.2 Å². The molecule has 1 aromatic heterocycles. The molecule has 2 aromatic carbocycles. The largest absolute Gasteiger partial charge is 0.394 e. The third-order valence-corrected chi connectivity index (χ3v) is 7.55. The molecule has 8 nitrogen and oxygen atoms in total. The number of benzene rings is 2.